The minimum atomic E-state index is -0.729. The Morgan fingerprint density at radius 1 is 1.35 bits per heavy atom. The number of hydrogen-bond acceptors (Lipinski definition) is 4. The van der Waals surface area contributed by atoms with E-state index in [1.807, 2.05) is 32.0 Å². The smallest absolute Gasteiger partial charge is 0.296 e. The highest BCUT2D eigenvalue weighted by molar-refractivity contribution is 6.65. The molecule has 1 rings (SSSR count). The van der Waals surface area contributed by atoms with E-state index in [1.54, 1.807) is 12.1 Å². The van der Waals surface area contributed by atoms with Crippen molar-refractivity contribution in [2.45, 2.75) is 13.8 Å². The van der Waals surface area contributed by atoms with Crippen LogP contribution >= 0.6 is 11.6 Å². The van der Waals surface area contributed by atoms with E-state index in [2.05, 4.69) is 20.8 Å². The van der Waals surface area contributed by atoms with Crippen molar-refractivity contribution in [3.63, 3.8) is 0 Å². The molecule has 0 aliphatic heterocycles. The van der Waals surface area contributed by atoms with E-state index in [-0.39, 0.29) is 11.1 Å². The molecule has 0 unspecified atom stereocenters. The van der Waals surface area contributed by atoms with E-state index in [0.29, 0.717) is 0 Å². The first kappa shape index (κ1) is 13.3. The summed E-state index contributed by atoms with van der Waals surface area (Å²) in [4.78, 5) is 15.7. The number of amides is 1. The van der Waals surface area contributed by atoms with Gasteiger partial charge in [0.25, 0.3) is 0 Å². The van der Waals surface area contributed by atoms with E-state index < -0.39 is 6.09 Å². The lowest BCUT2D eigenvalue weighted by Gasteiger charge is -2.06. The largest absolute Gasteiger partial charge is 0.452 e. The molecule has 6 heteroatoms. The van der Waals surface area contributed by atoms with Crippen molar-refractivity contribution >= 4 is 28.6 Å². The Hall–Kier alpha value is -1.75. The zero-order valence-corrected chi connectivity index (χ0v) is 10.4. The molecule has 5 nitrogen and oxygen atoms in total. The van der Waals surface area contributed by atoms with Gasteiger partial charge in [-0.1, -0.05) is 48.8 Å². The number of benzene rings is 1. The molecular formula is C11H14ClN3O2. The topological polar surface area (TPSA) is 62.7 Å². The molecule has 0 spiro atoms. The summed E-state index contributed by atoms with van der Waals surface area (Å²) in [7, 11) is 0. The van der Waals surface area contributed by atoms with E-state index in [9.17, 15) is 4.79 Å². The van der Waals surface area contributed by atoms with Gasteiger partial charge in [-0.25, -0.2) is 10.2 Å². The van der Waals surface area contributed by atoms with Gasteiger partial charge in [0, 0.05) is 5.92 Å². The summed E-state index contributed by atoms with van der Waals surface area (Å²) >= 11 is 5.70. The third-order valence-electron chi connectivity index (χ3n) is 1.77. The van der Waals surface area contributed by atoms with Gasteiger partial charge >= 0.3 is 6.09 Å². The molecule has 0 radical (unpaired) electrons. The second-order valence-electron chi connectivity index (χ2n) is 3.56. The fraction of sp³-hybridized carbons (Fsp3) is 0.273. The Morgan fingerprint density at radius 3 is 2.59 bits per heavy atom. The van der Waals surface area contributed by atoms with Crippen molar-refractivity contribution in [2.75, 3.05) is 5.43 Å². The maximum absolute atomic E-state index is 11.2. The van der Waals surface area contributed by atoms with Crippen LogP contribution in [0.25, 0.3) is 0 Å². The summed E-state index contributed by atoms with van der Waals surface area (Å²) in [6.07, 6.45) is -0.729. The fourth-order valence-electron chi connectivity index (χ4n) is 0.858. The summed E-state index contributed by atoms with van der Waals surface area (Å²) in [5, 5.41) is 3.70. The van der Waals surface area contributed by atoms with Crippen LogP contribution in [0.2, 0.25) is 0 Å². The van der Waals surface area contributed by atoms with Crippen LogP contribution in [0.15, 0.2) is 35.5 Å². The normalized spacial score (nSPS) is 11.2. The minimum absolute atomic E-state index is 0.0200. The zero-order chi connectivity index (χ0) is 12.7. The van der Waals surface area contributed by atoms with Crippen LogP contribution in [0.5, 0.6) is 0 Å². The van der Waals surface area contributed by atoms with Gasteiger partial charge in [0.15, 0.2) is 0 Å². The van der Waals surface area contributed by atoms with E-state index in [4.69, 9.17) is 11.6 Å². The zero-order valence-electron chi connectivity index (χ0n) is 9.61. The molecule has 2 N–H and O–H groups in total. The molecule has 0 aromatic heterocycles. The van der Waals surface area contributed by atoms with E-state index in [1.165, 1.54) is 0 Å². The number of halogens is 1. The van der Waals surface area contributed by atoms with Crippen LogP contribution in [0.1, 0.15) is 13.8 Å². The molecule has 1 aromatic rings. The predicted octanol–water partition coefficient (Wildman–Crippen LogP) is 2.95. The number of carbonyl (C=O) groups is 1. The molecule has 1 aromatic carbocycles. The number of para-hydroxylation sites is 1. The van der Waals surface area contributed by atoms with Crippen LogP contribution in [-0.2, 0) is 4.84 Å². The van der Waals surface area contributed by atoms with Gasteiger partial charge in [0.05, 0.1) is 5.69 Å². The monoisotopic (exact) mass is 255 g/mol. The van der Waals surface area contributed by atoms with Crippen LogP contribution in [-0.4, -0.2) is 11.3 Å². The Kier molecular flexibility index (Phi) is 5.29. The highest BCUT2D eigenvalue weighted by Gasteiger charge is 2.04. The summed E-state index contributed by atoms with van der Waals surface area (Å²) in [6, 6.07) is 9.14. The lowest BCUT2D eigenvalue weighted by atomic mass is 10.2. The molecule has 0 bridgehead atoms. The first-order chi connectivity index (χ1) is 8.09. The first-order valence-corrected chi connectivity index (χ1v) is 5.49. The van der Waals surface area contributed by atoms with Crippen LogP contribution in [0.4, 0.5) is 10.5 Å². The number of anilines is 1. The average Bonchev–Trinajstić information content (AvgIpc) is 2.34. The number of hydrazine groups is 1. The number of rotatable bonds is 4. The van der Waals surface area contributed by atoms with Crippen LogP contribution in [0, 0.1) is 5.92 Å². The van der Waals surface area contributed by atoms with Crippen molar-refractivity contribution in [1.82, 2.24) is 5.43 Å². The first-order valence-electron chi connectivity index (χ1n) is 5.11. The Labute approximate surface area is 105 Å². The van der Waals surface area contributed by atoms with Crippen molar-refractivity contribution < 1.29 is 9.63 Å². The van der Waals surface area contributed by atoms with Crippen molar-refractivity contribution in [3.8, 4) is 0 Å². The van der Waals surface area contributed by atoms with Crippen molar-refractivity contribution in [3.05, 3.63) is 30.3 Å². The summed E-state index contributed by atoms with van der Waals surface area (Å²) in [5.41, 5.74) is 5.72. The summed E-state index contributed by atoms with van der Waals surface area (Å²) in [5.74, 6) is 0.0200. The Morgan fingerprint density at radius 2 is 2.00 bits per heavy atom. The fourth-order valence-corrected chi connectivity index (χ4v) is 0.892. The number of carbonyl (C=O) groups excluding carboxylic acids is 1. The van der Waals surface area contributed by atoms with Crippen molar-refractivity contribution in [1.29, 1.82) is 0 Å². The maximum atomic E-state index is 11.2. The highest BCUT2D eigenvalue weighted by Crippen LogP contribution is 2.03. The minimum Gasteiger partial charge on any atom is -0.296 e. The standard InChI is InChI=1S/C11H14ClN3O2/c1-8(2)10(12)15-17-11(16)14-13-9-6-4-3-5-7-9/h3-8,13H,1-2H3,(H,14,16). The molecule has 0 atom stereocenters. The average molecular weight is 256 g/mol. The quantitative estimate of drug-likeness (QED) is 0.494. The third-order valence-corrected chi connectivity index (χ3v) is 2.28. The van der Waals surface area contributed by atoms with E-state index >= 15 is 0 Å². The molecule has 0 heterocycles. The number of hydrogen-bond donors (Lipinski definition) is 2. The van der Waals surface area contributed by atoms with Gasteiger partial charge in [0.2, 0.25) is 0 Å². The molecule has 0 fully saturated rings. The highest BCUT2D eigenvalue weighted by atomic mass is 35.5. The van der Waals surface area contributed by atoms with Gasteiger partial charge in [-0.2, -0.15) is 0 Å². The SMILES string of the molecule is CC(C)C(Cl)=NOC(=O)NNc1ccccc1. The number of oxime groups is 1. The number of nitrogens with zero attached hydrogens (tertiary/aromatic N) is 1. The molecule has 0 saturated heterocycles. The number of nitrogens with one attached hydrogen (secondary N) is 2. The second kappa shape index (κ2) is 6.75. The Bertz CT molecular complexity index is 393. The van der Waals surface area contributed by atoms with Crippen LogP contribution in [0.3, 0.4) is 0 Å². The maximum Gasteiger partial charge on any atom is 0.452 e. The van der Waals surface area contributed by atoms with Gasteiger partial charge in [-0.05, 0) is 12.1 Å². The lowest BCUT2D eigenvalue weighted by Crippen LogP contribution is -2.29. The van der Waals surface area contributed by atoms with Gasteiger partial charge in [-0.15, -0.1) is 0 Å². The second-order valence-corrected chi connectivity index (χ2v) is 3.95. The van der Waals surface area contributed by atoms with Crippen molar-refractivity contribution in [2.24, 2.45) is 11.1 Å². The van der Waals surface area contributed by atoms with E-state index in [0.717, 1.165) is 5.69 Å². The molecule has 92 valence electrons. The van der Waals surface area contributed by atoms with Gasteiger partial charge in [0.1, 0.15) is 5.17 Å². The van der Waals surface area contributed by atoms with Crippen LogP contribution < -0.4 is 10.9 Å². The molecule has 0 aliphatic carbocycles. The van der Waals surface area contributed by atoms with Gasteiger partial charge < -0.3 is 0 Å². The predicted molar refractivity (Wildman–Crippen MR) is 67.8 cm³/mol. The molecule has 0 aliphatic rings. The molecular weight excluding hydrogens is 242 g/mol. The lowest BCUT2D eigenvalue weighted by molar-refractivity contribution is 0.153. The summed E-state index contributed by atoms with van der Waals surface area (Å²) in [6.45, 7) is 3.69. The molecule has 1 amide bonds. The molecule has 17 heavy (non-hydrogen) atoms. The Balaban J connectivity index is 2.34. The summed E-state index contributed by atoms with van der Waals surface area (Å²) < 4.78 is 0. The molecule has 0 saturated carbocycles. The third kappa shape index (κ3) is 5.21. The van der Waals surface area contributed by atoms with Gasteiger partial charge in [-0.3, -0.25) is 10.3 Å².